The second-order valence-electron chi connectivity index (χ2n) is 7.52. The number of ether oxygens (including phenoxy) is 2. The Balaban J connectivity index is 1.30. The number of nitrogens with one attached hydrogen (secondary N) is 1. The van der Waals surface area contributed by atoms with E-state index in [9.17, 15) is 4.79 Å². The number of benzene rings is 2. The van der Waals surface area contributed by atoms with Crippen molar-refractivity contribution in [1.82, 2.24) is 15.3 Å². The molecule has 5 aromatic rings. The fourth-order valence-electron chi connectivity index (χ4n) is 3.73. The van der Waals surface area contributed by atoms with Crippen molar-refractivity contribution in [3.05, 3.63) is 81.2 Å². The summed E-state index contributed by atoms with van der Waals surface area (Å²) in [6, 6.07) is 15.2. The first-order valence-electron chi connectivity index (χ1n) is 10.3. The molecule has 1 amide bonds. The lowest BCUT2D eigenvalue weighted by Crippen LogP contribution is -2.22. The topological polar surface area (TPSA) is 73.3 Å². The number of amides is 1. The van der Waals surface area contributed by atoms with E-state index in [-0.39, 0.29) is 12.7 Å². The molecule has 0 bridgehead atoms. The molecular weight excluding hydrogens is 454 g/mol. The molecule has 0 unspecified atom stereocenters. The van der Waals surface area contributed by atoms with Crippen LogP contribution in [0.1, 0.15) is 15.9 Å². The van der Waals surface area contributed by atoms with Gasteiger partial charge in [0.05, 0.1) is 22.4 Å². The molecule has 1 N–H and O–H groups in total. The van der Waals surface area contributed by atoms with Gasteiger partial charge in [-0.05, 0) is 58.8 Å². The molecule has 0 saturated heterocycles. The summed E-state index contributed by atoms with van der Waals surface area (Å²) in [5.74, 6) is 1.25. The van der Waals surface area contributed by atoms with E-state index in [1.807, 2.05) is 47.2 Å². The normalized spacial score (nSPS) is 12.2. The van der Waals surface area contributed by atoms with Crippen molar-refractivity contribution < 1.29 is 14.3 Å². The summed E-state index contributed by atoms with van der Waals surface area (Å²) < 4.78 is 10.7. The maximum absolute atomic E-state index is 12.9. The number of rotatable bonds is 5. The van der Waals surface area contributed by atoms with Crippen LogP contribution in [-0.4, -0.2) is 22.7 Å². The van der Waals surface area contributed by atoms with Gasteiger partial charge in [0.2, 0.25) is 6.79 Å². The minimum absolute atomic E-state index is 0.171. The Bertz CT molecular complexity index is 1460. The third-order valence-electron chi connectivity index (χ3n) is 5.41. The average Bonchev–Trinajstić information content (AvgIpc) is 3.63. The van der Waals surface area contributed by atoms with Crippen molar-refractivity contribution in [3.8, 4) is 34.0 Å². The second kappa shape index (κ2) is 8.31. The fourth-order valence-corrected chi connectivity index (χ4v) is 5.01. The van der Waals surface area contributed by atoms with E-state index in [0.717, 1.165) is 39.3 Å². The highest BCUT2D eigenvalue weighted by Gasteiger charge is 2.16. The van der Waals surface area contributed by atoms with E-state index >= 15 is 0 Å². The Morgan fingerprint density at radius 3 is 2.30 bits per heavy atom. The van der Waals surface area contributed by atoms with Crippen LogP contribution in [0.2, 0.25) is 0 Å². The monoisotopic (exact) mass is 471 g/mol. The van der Waals surface area contributed by atoms with Gasteiger partial charge >= 0.3 is 0 Å². The molecule has 6 rings (SSSR count). The van der Waals surface area contributed by atoms with Crippen molar-refractivity contribution in [2.75, 3.05) is 6.79 Å². The van der Waals surface area contributed by atoms with Crippen molar-refractivity contribution in [2.45, 2.75) is 6.54 Å². The molecule has 8 heteroatoms. The van der Waals surface area contributed by atoms with E-state index in [2.05, 4.69) is 16.1 Å². The zero-order valence-electron chi connectivity index (χ0n) is 17.3. The van der Waals surface area contributed by atoms with E-state index in [4.69, 9.17) is 19.4 Å². The molecular formula is C25H17N3O3S2. The lowest BCUT2D eigenvalue weighted by atomic mass is 10.1. The Morgan fingerprint density at radius 2 is 1.58 bits per heavy atom. The highest BCUT2D eigenvalue weighted by molar-refractivity contribution is 7.08. The Morgan fingerprint density at radius 1 is 0.848 bits per heavy atom. The van der Waals surface area contributed by atoms with Gasteiger partial charge in [0, 0.05) is 34.0 Å². The van der Waals surface area contributed by atoms with E-state index in [1.54, 1.807) is 34.8 Å². The van der Waals surface area contributed by atoms with Crippen molar-refractivity contribution in [1.29, 1.82) is 0 Å². The highest BCUT2D eigenvalue weighted by atomic mass is 32.1. The van der Waals surface area contributed by atoms with Gasteiger partial charge in [0.1, 0.15) is 0 Å². The number of hydrogen-bond acceptors (Lipinski definition) is 7. The van der Waals surface area contributed by atoms with Crippen LogP contribution in [-0.2, 0) is 6.54 Å². The van der Waals surface area contributed by atoms with E-state index in [0.29, 0.717) is 23.4 Å². The van der Waals surface area contributed by atoms with Crippen LogP contribution in [0.4, 0.5) is 0 Å². The lowest BCUT2D eigenvalue weighted by Gasteiger charge is -2.10. The highest BCUT2D eigenvalue weighted by Crippen LogP contribution is 2.34. The molecule has 6 nitrogen and oxygen atoms in total. The molecule has 33 heavy (non-hydrogen) atoms. The van der Waals surface area contributed by atoms with Crippen LogP contribution in [0.15, 0.2) is 70.1 Å². The maximum Gasteiger partial charge on any atom is 0.251 e. The van der Waals surface area contributed by atoms with Gasteiger partial charge in [-0.2, -0.15) is 22.7 Å². The number of carbonyl (C=O) groups is 1. The van der Waals surface area contributed by atoms with Crippen LogP contribution in [0, 0.1) is 0 Å². The van der Waals surface area contributed by atoms with E-state index in [1.165, 1.54) is 0 Å². The third-order valence-corrected chi connectivity index (χ3v) is 6.77. The van der Waals surface area contributed by atoms with Crippen LogP contribution >= 0.6 is 22.7 Å². The van der Waals surface area contributed by atoms with Gasteiger partial charge in [-0.3, -0.25) is 4.79 Å². The summed E-state index contributed by atoms with van der Waals surface area (Å²) in [6.07, 6.45) is 0. The summed E-state index contributed by atoms with van der Waals surface area (Å²) in [5, 5.41) is 11.2. The van der Waals surface area contributed by atoms with Gasteiger partial charge < -0.3 is 14.8 Å². The first-order valence-corrected chi connectivity index (χ1v) is 12.2. The zero-order valence-corrected chi connectivity index (χ0v) is 18.9. The van der Waals surface area contributed by atoms with Crippen molar-refractivity contribution >= 4 is 39.6 Å². The molecule has 162 valence electrons. The summed E-state index contributed by atoms with van der Waals surface area (Å²) in [6.45, 7) is 0.612. The number of aromatic nitrogens is 2. The summed E-state index contributed by atoms with van der Waals surface area (Å²) >= 11 is 3.25. The summed E-state index contributed by atoms with van der Waals surface area (Å²) in [4.78, 5) is 22.7. The lowest BCUT2D eigenvalue weighted by molar-refractivity contribution is 0.0951. The maximum atomic E-state index is 12.9. The standard InChI is InChI=1S/C25H17N3O3S2/c29-25(26-11-15-1-4-21-22(9-15)31-14-30-21)16-2-3-19-20(10-16)28-24(18-6-8-33-13-18)23(27-19)17-5-7-32-12-17/h1-10,12-13H,11,14H2,(H,26,29). The SMILES string of the molecule is O=C(NCc1ccc2c(c1)OCO2)c1ccc2nc(-c3ccsc3)c(-c3ccsc3)nc2c1. The molecule has 4 heterocycles. The minimum atomic E-state index is -0.171. The van der Waals surface area contributed by atoms with Gasteiger partial charge in [-0.15, -0.1) is 0 Å². The van der Waals surface area contributed by atoms with Crippen LogP contribution in [0.25, 0.3) is 33.5 Å². The van der Waals surface area contributed by atoms with Crippen LogP contribution in [0.5, 0.6) is 11.5 Å². The summed E-state index contributed by atoms with van der Waals surface area (Å²) in [5.41, 5.74) is 6.65. The van der Waals surface area contributed by atoms with Crippen LogP contribution in [0.3, 0.4) is 0 Å². The quantitative estimate of drug-likeness (QED) is 0.354. The minimum Gasteiger partial charge on any atom is -0.454 e. The molecule has 1 aliphatic heterocycles. The van der Waals surface area contributed by atoms with Gasteiger partial charge in [0.25, 0.3) is 5.91 Å². The predicted molar refractivity (Wildman–Crippen MR) is 130 cm³/mol. The first kappa shape index (κ1) is 19.9. The number of carbonyl (C=O) groups excluding carboxylic acids is 1. The zero-order chi connectivity index (χ0) is 22.2. The second-order valence-corrected chi connectivity index (χ2v) is 9.08. The molecule has 0 spiro atoms. The van der Waals surface area contributed by atoms with Crippen LogP contribution < -0.4 is 14.8 Å². The molecule has 2 aromatic carbocycles. The predicted octanol–water partition coefficient (Wildman–Crippen LogP) is 5.75. The number of thiophene rings is 2. The average molecular weight is 472 g/mol. The molecule has 3 aromatic heterocycles. The first-order chi connectivity index (χ1) is 16.2. The van der Waals surface area contributed by atoms with Gasteiger partial charge in [-0.1, -0.05) is 6.07 Å². The fraction of sp³-hybridized carbons (Fsp3) is 0.0800. The Labute approximate surface area is 197 Å². The van der Waals surface area contributed by atoms with E-state index < -0.39 is 0 Å². The molecule has 0 saturated carbocycles. The molecule has 0 radical (unpaired) electrons. The summed E-state index contributed by atoms with van der Waals surface area (Å²) in [7, 11) is 0. The Hall–Kier alpha value is -3.75. The number of hydrogen-bond donors (Lipinski definition) is 1. The number of nitrogens with zero attached hydrogens (tertiary/aromatic N) is 2. The molecule has 1 aliphatic rings. The third kappa shape index (κ3) is 3.83. The Kier molecular flexibility index (Phi) is 5.01. The number of fused-ring (bicyclic) bond motifs is 2. The van der Waals surface area contributed by atoms with Gasteiger partial charge in [0.15, 0.2) is 11.5 Å². The van der Waals surface area contributed by atoms with Crippen molar-refractivity contribution in [2.24, 2.45) is 0 Å². The van der Waals surface area contributed by atoms with Gasteiger partial charge in [-0.25, -0.2) is 9.97 Å². The van der Waals surface area contributed by atoms with Crippen molar-refractivity contribution in [3.63, 3.8) is 0 Å². The smallest absolute Gasteiger partial charge is 0.251 e. The molecule has 0 fully saturated rings. The molecule has 0 atom stereocenters. The largest absolute Gasteiger partial charge is 0.454 e. The molecule has 0 aliphatic carbocycles.